The van der Waals surface area contributed by atoms with Gasteiger partial charge in [-0.1, -0.05) is 0 Å². The van der Waals surface area contributed by atoms with Gasteiger partial charge in [0.15, 0.2) is 5.69 Å². The number of hydrogen-bond acceptors (Lipinski definition) is 5. The minimum Gasteiger partial charge on any atom is -0.392 e. The van der Waals surface area contributed by atoms with Gasteiger partial charge in [0, 0.05) is 19.3 Å². The lowest BCUT2D eigenvalue weighted by molar-refractivity contribution is 0.108. The number of hydrogen-bond donors (Lipinski definition) is 1. The highest BCUT2D eigenvalue weighted by Crippen LogP contribution is 2.22. The van der Waals surface area contributed by atoms with Gasteiger partial charge in [-0.2, -0.15) is 9.57 Å². The third-order valence-corrected chi connectivity index (χ3v) is 4.75. The number of β-amino-alcohol motifs (C(OH)–C–C–N with tert-alkyl or cyclic N) is 1. The van der Waals surface area contributed by atoms with Gasteiger partial charge in [0.2, 0.25) is 10.0 Å². The fraction of sp³-hybridized carbons (Fsp3) is 0.455. The molecule has 7 heteroatoms. The fourth-order valence-corrected chi connectivity index (χ4v) is 3.57. The Kier molecular flexibility index (Phi) is 3.61. The van der Waals surface area contributed by atoms with Crippen LogP contribution in [0.2, 0.25) is 0 Å². The number of piperidine rings is 1. The Bertz CT molecular complexity index is 579. The first kappa shape index (κ1) is 13.0. The van der Waals surface area contributed by atoms with E-state index in [0.29, 0.717) is 19.4 Å². The first-order valence-corrected chi connectivity index (χ1v) is 7.03. The summed E-state index contributed by atoms with van der Waals surface area (Å²) in [4.78, 5) is 3.65. The van der Waals surface area contributed by atoms with Crippen LogP contribution >= 0.6 is 0 Å². The molecule has 0 spiro atoms. The van der Waals surface area contributed by atoms with Gasteiger partial charge in [0.25, 0.3) is 0 Å². The van der Waals surface area contributed by atoms with E-state index in [1.54, 1.807) is 6.07 Å². The summed E-state index contributed by atoms with van der Waals surface area (Å²) < 4.78 is 25.9. The molecule has 1 fully saturated rings. The lowest BCUT2D eigenvalue weighted by atomic mass is 10.1. The molecule has 96 valence electrons. The van der Waals surface area contributed by atoms with E-state index < -0.39 is 16.1 Å². The summed E-state index contributed by atoms with van der Waals surface area (Å²) in [5.74, 6) is 0. The highest BCUT2D eigenvalue weighted by Gasteiger charge is 2.31. The summed E-state index contributed by atoms with van der Waals surface area (Å²) in [6.07, 6.45) is 1.95. The molecule has 0 amide bonds. The molecular formula is C11H13N3O3S. The number of nitriles is 1. The predicted molar refractivity (Wildman–Crippen MR) is 63.0 cm³/mol. The van der Waals surface area contributed by atoms with Crippen LogP contribution in [0.4, 0.5) is 0 Å². The first-order valence-electron chi connectivity index (χ1n) is 5.59. The number of aliphatic hydroxyl groups excluding tert-OH is 1. The van der Waals surface area contributed by atoms with Crippen LogP contribution in [0.3, 0.4) is 0 Å². The Labute approximate surface area is 106 Å². The Hall–Kier alpha value is -1.49. The Morgan fingerprint density at radius 2 is 2.33 bits per heavy atom. The second kappa shape index (κ2) is 5.02. The van der Waals surface area contributed by atoms with Gasteiger partial charge < -0.3 is 5.11 Å². The Morgan fingerprint density at radius 3 is 3.00 bits per heavy atom. The van der Waals surface area contributed by atoms with Crippen LogP contribution < -0.4 is 0 Å². The molecule has 0 radical (unpaired) electrons. The number of sulfonamides is 1. The Balaban J connectivity index is 2.39. The number of rotatable bonds is 2. The number of nitrogens with zero attached hydrogens (tertiary/aromatic N) is 3. The maximum absolute atomic E-state index is 12.3. The second-order valence-electron chi connectivity index (χ2n) is 4.12. The molecule has 1 aliphatic heterocycles. The molecule has 0 bridgehead atoms. The van der Waals surface area contributed by atoms with E-state index in [2.05, 4.69) is 4.98 Å². The predicted octanol–water partition coefficient (Wildman–Crippen LogP) is 0.0987. The van der Waals surface area contributed by atoms with E-state index in [0.717, 1.165) is 0 Å². The highest BCUT2D eigenvalue weighted by molar-refractivity contribution is 7.89. The van der Waals surface area contributed by atoms with Crippen molar-refractivity contribution in [2.24, 2.45) is 0 Å². The molecule has 18 heavy (non-hydrogen) atoms. The van der Waals surface area contributed by atoms with Crippen LogP contribution in [-0.4, -0.2) is 42.0 Å². The highest BCUT2D eigenvalue weighted by atomic mass is 32.2. The third-order valence-electron chi connectivity index (χ3n) is 2.85. The molecule has 2 rings (SSSR count). The first-order chi connectivity index (χ1) is 8.55. The summed E-state index contributed by atoms with van der Waals surface area (Å²) in [5.41, 5.74) is -0.113. The lowest BCUT2D eigenvalue weighted by Gasteiger charge is -2.29. The maximum Gasteiger partial charge on any atom is 0.246 e. The van der Waals surface area contributed by atoms with Crippen LogP contribution in [0.15, 0.2) is 23.2 Å². The van der Waals surface area contributed by atoms with Gasteiger partial charge >= 0.3 is 0 Å². The van der Waals surface area contributed by atoms with E-state index in [1.807, 2.05) is 0 Å². The molecule has 0 aliphatic carbocycles. The van der Waals surface area contributed by atoms with Crippen LogP contribution in [0.5, 0.6) is 0 Å². The van der Waals surface area contributed by atoms with Gasteiger partial charge in [0.05, 0.1) is 6.10 Å². The van der Waals surface area contributed by atoms with Crippen molar-refractivity contribution in [2.75, 3.05) is 13.1 Å². The Morgan fingerprint density at radius 1 is 1.56 bits per heavy atom. The number of aliphatic hydroxyl groups is 1. The second-order valence-corrected chi connectivity index (χ2v) is 6.03. The van der Waals surface area contributed by atoms with Crippen molar-refractivity contribution < 1.29 is 13.5 Å². The molecular weight excluding hydrogens is 254 g/mol. The van der Waals surface area contributed by atoms with Crippen molar-refractivity contribution in [1.29, 1.82) is 5.26 Å². The smallest absolute Gasteiger partial charge is 0.246 e. The monoisotopic (exact) mass is 267 g/mol. The molecule has 1 saturated heterocycles. The molecule has 0 aromatic carbocycles. The van der Waals surface area contributed by atoms with Crippen LogP contribution in [0.25, 0.3) is 0 Å². The minimum atomic E-state index is -3.75. The average molecular weight is 267 g/mol. The van der Waals surface area contributed by atoms with Crippen LogP contribution in [0.1, 0.15) is 18.5 Å². The van der Waals surface area contributed by atoms with Gasteiger partial charge in [-0.05, 0) is 25.0 Å². The summed E-state index contributed by atoms with van der Waals surface area (Å²) in [6, 6.07) is 4.62. The lowest BCUT2D eigenvalue weighted by Crippen LogP contribution is -2.42. The van der Waals surface area contributed by atoms with Crippen molar-refractivity contribution in [1.82, 2.24) is 9.29 Å². The van der Waals surface area contributed by atoms with E-state index in [4.69, 9.17) is 5.26 Å². The summed E-state index contributed by atoms with van der Waals surface area (Å²) in [6.45, 7) is 0.432. The molecule has 0 unspecified atom stereocenters. The zero-order valence-corrected chi connectivity index (χ0v) is 10.5. The van der Waals surface area contributed by atoms with Crippen molar-refractivity contribution in [3.63, 3.8) is 0 Å². The standard InChI is InChI=1S/C11H13N3O3S/c12-7-10-11(4-1-5-13-10)18(16,17)14-6-2-3-9(15)8-14/h1,4-5,9,15H,2-3,6,8H2/t9-/m0/s1. The van der Waals surface area contributed by atoms with E-state index in [9.17, 15) is 13.5 Å². The average Bonchev–Trinajstić information content (AvgIpc) is 2.38. The molecule has 0 saturated carbocycles. The zero-order valence-electron chi connectivity index (χ0n) is 9.65. The molecule has 1 aliphatic rings. The van der Waals surface area contributed by atoms with Gasteiger partial charge in [-0.15, -0.1) is 0 Å². The van der Waals surface area contributed by atoms with Crippen molar-refractivity contribution in [3.8, 4) is 6.07 Å². The molecule has 2 heterocycles. The molecule has 1 aromatic rings. The number of aromatic nitrogens is 1. The minimum absolute atomic E-state index is 0.0715. The van der Waals surface area contributed by atoms with Gasteiger partial charge in [-0.25, -0.2) is 13.4 Å². The largest absolute Gasteiger partial charge is 0.392 e. The van der Waals surface area contributed by atoms with Crippen molar-refractivity contribution in [2.45, 2.75) is 23.8 Å². The van der Waals surface area contributed by atoms with Crippen LogP contribution in [-0.2, 0) is 10.0 Å². The summed E-state index contributed by atoms with van der Waals surface area (Å²) in [7, 11) is -3.75. The van der Waals surface area contributed by atoms with E-state index in [-0.39, 0.29) is 17.1 Å². The molecule has 1 N–H and O–H groups in total. The van der Waals surface area contributed by atoms with E-state index in [1.165, 1.54) is 22.6 Å². The fourth-order valence-electron chi connectivity index (χ4n) is 1.96. The van der Waals surface area contributed by atoms with E-state index >= 15 is 0 Å². The van der Waals surface area contributed by atoms with Crippen molar-refractivity contribution in [3.05, 3.63) is 24.0 Å². The van der Waals surface area contributed by atoms with Gasteiger partial charge in [-0.3, -0.25) is 0 Å². The zero-order chi connectivity index (χ0) is 13.2. The van der Waals surface area contributed by atoms with Gasteiger partial charge in [0.1, 0.15) is 11.0 Å². The molecule has 1 aromatic heterocycles. The quantitative estimate of drug-likeness (QED) is 0.820. The number of pyridine rings is 1. The summed E-state index contributed by atoms with van der Waals surface area (Å²) in [5, 5.41) is 18.4. The normalized spacial score (nSPS) is 21.4. The topological polar surface area (TPSA) is 94.3 Å². The third kappa shape index (κ3) is 2.36. The van der Waals surface area contributed by atoms with Crippen molar-refractivity contribution >= 4 is 10.0 Å². The van der Waals surface area contributed by atoms with Crippen LogP contribution in [0, 0.1) is 11.3 Å². The summed E-state index contributed by atoms with van der Waals surface area (Å²) >= 11 is 0. The SMILES string of the molecule is N#Cc1ncccc1S(=O)(=O)N1CCC[C@H](O)C1. The maximum atomic E-state index is 12.3. The molecule has 6 nitrogen and oxygen atoms in total. The molecule has 1 atom stereocenters.